The predicted molar refractivity (Wildman–Crippen MR) is 137 cm³/mol. The van der Waals surface area contributed by atoms with Crippen LogP contribution >= 0.6 is 0 Å². The Morgan fingerprint density at radius 3 is 1.33 bits per heavy atom. The highest BCUT2D eigenvalue weighted by atomic mass is 28.5. The van der Waals surface area contributed by atoms with Crippen molar-refractivity contribution >= 4 is 73.5 Å². The van der Waals surface area contributed by atoms with Crippen molar-refractivity contribution in [2.45, 2.75) is 64.8 Å². The normalized spacial score (nSPS) is 40.6. The predicted octanol–water partition coefficient (Wildman–Crippen LogP) is 0.707. The molecule has 2 heterocycles. The Bertz CT molecular complexity index is 442. The lowest BCUT2D eigenvalue weighted by molar-refractivity contribution is 0.239. The molecule has 0 bridgehead atoms. The summed E-state index contributed by atoms with van der Waals surface area (Å²) in [5.74, 6) is 0. The quantitative estimate of drug-likeness (QED) is 0.272. The first-order valence-electron chi connectivity index (χ1n) is 10.5. The Hall–Kier alpha value is 0.955. The van der Waals surface area contributed by atoms with E-state index in [4.69, 9.17) is 37.7 Å². The molecule has 9 nitrogen and oxygen atoms in total. The van der Waals surface area contributed by atoms with Crippen molar-refractivity contribution in [2.24, 2.45) is 0 Å². The van der Waals surface area contributed by atoms with Crippen molar-refractivity contribution in [1.82, 2.24) is 0 Å². The molecule has 0 aromatic heterocycles. The molecule has 0 aromatic rings. The fraction of sp³-hybridized carbons (Fsp3) is 0.846. The lowest BCUT2D eigenvalue weighted by Crippen LogP contribution is -2.53. The molecule has 2 aliphatic rings. The molecule has 2 rings (SSSR count). The number of hydrogen-bond donors (Lipinski definition) is 0. The van der Waals surface area contributed by atoms with Crippen LogP contribution < -0.4 is 0 Å². The second-order valence-corrected chi connectivity index (χ2v) is 26.4. The van der Waals surface area contributed by atoms with Gasteiger partial charge < -0.3 is 37.7 Å². The zero-order chi connectivity index (χ0) is 22.7. The SMILES string of the molecule is C=COCCC[Si]1(C)O[SiH](C)O[SiH](C)O[SiH](C)O1.C[SiH]1O[SiH](C)O[SiH](C)O[SiH](C)O1. The van der Waals surface area contributed by atoms with Crippen molar-refractivity contribution in [3.05, 3.63) is 12.8 Å². The summed E-state index contributed by atoms with van der Waals surface area (Å²) in [6.07, 6.45) is 2.39. The number of hydrogen-bond acceptors (Lipinski definition) is 9. The van der Waals surface area contributed by atoms with Gasteiger partial charge in [-0.05, 0) is 64.8 Å². The highest BCUT2D eigenvalue weighted by Crippen LogP contribution is 2.21. The smallest absolute Gasteiger partial charge is 0.317 e. The lowest BCUT2D eigenvalue weighted by Gasteiger charge is -2.37. The van der Waals surface area contributed by atoms with E-state index in [0.29, 0.717) is 6.61 Å². The minimum Gasteiger partial charge on any atom is -0.502 e. The molecule has 0 aliphatic carbocycles. The van der Waals surface area contributed by atoms with Gasteiger partial charge in [0.25, 0.3) is 65.0 Å². The van der Waals surface area contributed by atoms with Gasteiger partial charge in [0.05, 0.1) is 12.9 Å². The molecule has 0 spiro atoms. The average molecular weight is 565 g/mol. The van der Waals surface area contributed by atoms with E-state index in [-0.39, 0.29) is 0 Å². The van der Waals surface area contributed by atoms with Gasteiger partial charge in [-0.15, -0.1) is 0 Å². The van der Waals surface area contributed by atoms with E-state index in [1.54, 1.807) is 0 Å². The molecule has 0 saturated carbocycles. The van der Waals surface area contributed by atoms with E-state index in [0.717, 1.165) is 12.5 Å². The van der Waals surface area contributed by atoms with E-state index in [1.165, 1.54) is 6.26 Å². The lowest BCUT2D eigenvalue weighted by atomic mass is 10.5. The standard InChI is InChI=1S/C9H24O5Si4.C4H16O4Si4/c1-6-10-8-7-9-18(5)13-16(3)11-15(2)12-17(4)14-18;1-9-5-10(2)7-12(4)8-11(3)6-9/h6,15-17H,1,7-9H2,2-5H3;9-12H,1-4H3. The van der Waals surface area contributed by atoms with E-state index < -0.39 is 73.5 Å². The van der Waals surface area contributed by atoms with Crippen molar-refractivity contribution < 1.29 is 37.7 Å². The summed E-state index contributed by atoms with van der Waals surface area (Å²) in [6, 6.07) is 0.915. The highest BCUT2D eigenvalue weighted by Gasteiger charge is 2.38. The molecular weight excluding hydrogens is 525 g/mol. The first-order chi connectivity index (χ1) is 14.0. The third-order valence-corrected chi connectivity index (χ3v) is 30.4. The molecule has 2 unspecified atom stereocenters. The van der Waals surface area contributed by atoms with Gasteiger partial charge in [0.2, 0.25) is 0 Å². The van der Waals surface area contributed by atoms with Crippen LogP contribution in [-0.2, 0) is 37.7 Å². The van der Waals surface area contributed by atoms with Crippen LogP contribution in [0.15, 0.2) is 12.8 Å². The summed E-state index contributed by atoms with van der Waals surface area (Å²) in [4.78, 5) is 0. The minimum atomic E-state index is -2.14. The van der Waals surface area contributed by atoms with Gasteiger partial charge >= 0.3 is 8.56 Å². The minimum absolute atomic E-state index is 0.664. The first-order valence-corrected chi connectivity index (χ1v) is 27.7. The number of rotatable bonds is 5. The summed E-state index contributed by atoms with van der Waals surface area (Å²) in [6.45, 7) is 20.6. The Kier molecular flexibility index (Phi) is 14.5. The van der Waals surface area contributed by atoms with Gasteiger partial charge in [-0.2, -0.15) is 0 Å². The molecule has 30 heavy (non-hydrogen) atoms. The monoisotopic (exact) mass is 564 g/mol. The summed E-state index contributed by atoms with van der Waals surface area (Å²) >= 11 is 0. The Morgan fingerprint density at radius 1 is 0.667 bits per heavy atom. The topological polar surface area (TPSA) is 83.1 Å². The fourth-order valence-corrected chi connectivity index (χ4v) is 29.9. The van der Waals surface area contributed by atoms with Crippen LogP contribution in [0.5, 0.6) is 0 Å². The van der Waals surface area contributed by atoms with E-state index >= 15 is 0 Å². The van der Waals surface area contributed by atoms with Gasteiger partial charge in [0, 0.05) is 0 Å². The van der Waals surface area contributed by atoms with Crippen LogP contribution in [-0.4, -0.2) is 80.2 Å². The summed E-state index contributed by atoms with van der Waals surface area (Å²) in [5.41, 5.74) is 0. The third kappa shape index (κ3) is 12.9. The van der Waals surface area contributed by atoms with Crippen LogP contribution in [0.25, 0.3) is 0 Å². The molecule has 0 aromatic carbocycles. The Morgan fingerprint density at radius 2 is 1.00 bits per heavy atom. The maximum atomic E-state index is 6.14. The van der Waals surface area contributed by atoms with Crippen molar-refractivity contribution in [3.8, 4) is 0 Å². The zero-order valence-corrected chi connectivity index (χ0v) is 28.7. The van der Waals surface area contributed by atoms with Gasteiger partial charge in [0.1, 0.15) is 0 Å². The maximum absolute atomic E-state index is 6.14. The summed E-state index contributed by atoms with van der Waals surface area (Å²) in [7, 11) is -12.5. The van der Waals surface area contributed by atoms with Gasteiger partial charge in [-0.3, -0.25) is 0 Å². The Labute approximate surface area is 195 Å². The van der Waals surface area contributed by atoms with Crippen molar-refractivity contribution in [3.63, 3.8) is 0 Å². The van der Waals surface area contributed by atoms with Gasteiger partial charge in [0.15, 0.2) is 0 Å². The van der Waals surface area contributed by atoms with Gasteiger partial charge in [-0.25, -0.2) is 0 Å². The summed E-state index contributed by atoms with van der Waals surface area (Å²) in [5, 5.41) is 0. The molecule has 0 radical (unpaired) electrons. The molecule has 17 heteroatoms. The molecule has 178 valence electrons. The van der Waals surface area contributed by atoms with Crippen LogP contribution in [0.1, 0.15) is 6.42 Å². The average Bonchev–Trinajstić information content (AvgIpc) is 2.55. The molecule has 0 amide bonds. The van der Waals surface area contributed by atoms with Crippen molar-refractivity contribution in [2.75, 3.05) is 6.61 Å². The van der Waals surface area contributed by atoms with Crippen LogP contribution in [0, 0.1) is 0 Å². The van der Waals surface area contributed by atoms with Gasteiger partial charge in [-0.1, -0.05) is 6.58 Å². The number of ether oxygens (including phenoxy) is 1. The third-order valence-electron chi connectivity index (χ3n) is 4.14. The first kappa shape index (κ1) is 29.0. The molecule has 0 N–H and O–H groups in total. The Balaban J connectivity index is 0.000000325. The zero-order valence-electron chi connectivity index (χ0n) is 19.6. The second-order valence-electron chi connectivity index (χ2n) is 7.30. The summed E-state index contributed by atoms with van der Waals surface area (Å²) < 4.78 is 51.8. The van der Waals surface area contributed by atoms with E-state index in [9.17, 15) is 0 Å². The highest BCUT2D eigenvalue weighted by molar-refractivity contribution is 6.81. The molecule has 2 saturated heterocycles. The second kappa shape index (κ2) is 15.0. The van der Waals surface area contributed by atoms with Crippen LogP contribution in [0.4, 0.5) is 0 Å². The largest absolute Gasteiger partial charge is 0.502 e. The van der Waals surface area contributed by atoms with Crippen LogP contribution in [0.3, 0.4) is 0 Å². The van der Waals surface area contributed by atoms with Crippen molar-refractivity contribution in [1.29, 1.82) is 0 Å². The van der Waals surface area contributed by atoms with E-state index in [1.807, 2.05) is 32.7 Å². The molecular formula is C13H40O9Si8. The molecule has 2 fully saturated rings. The molecule has 2 atom stereocenters. The van der Waals surface area contributed by atoms with E-state index in [2.05, 4.69) is 26.2 Å². The fourth-order valence-electron chi connectivity index (χ4n) is 3.24. The maximum Gasteiger partial charge on any atom is 0.317 e. The molecule has 2 aliphatic heterocycles. The van der Waals surface area contributed by atoms with Crippen LogP contribution in [0.2, 0.25) is 58.4 Å².